The van der Waals surface area contributed by atoms with Gasteiger partial charge in [0, 0.05) is 26.0 Å². The molecule has 0 aliphatic heterocycles. The van der Waals surface area contributed by atoms with Crippen LogP contribution in [0.3, 0.4) is 0 Å². The fourth-order valence-corrected chi connectivity index (χ4v) is 3.19. The number of fused-ring (bicyclic) bond motifs is 1. The monoisotopic (exact) mass is 392 g/mol. The third-order valence-electron chi connectivity index (χ3n) is 3.01. The van der Waals surface area contributed by atoms with Gasteiger partial charge in [-0.25, -0.2) is 0 Å². The highest BCUT2D eigenvalue weighted by atomic mass is 79.9. The highest BCUT2D eigenvalue weighted by molar-refractivity contribution is 9.11. The first kappa shape index (κ1) is 13.4. The lowest BCUT2D eigenvalue weighted by molar-refractivity contribution is 0.102. The first-order valence-electron chi connectivity index (χ1n) is 5.97. The number of aromatic nitrogens is 1. The van der Waals surface area contributed by atoms with E-state index in [1.165, 1.54) is 0 Å². The summed E-state index contributed by atoms with van der Waals surface area (Å²) in [5.41, 5.74) is 2.33. The van der Waals surface area contributed by atoms with Crippen molar-refractivity contribution in [2.45, 2.75) is 0 Å². The van der Waals surface area contributed by atoms with Crippen LogP contribution in [0.4, 0.5) is 5.69 Å². The van der Waals surface area contributed by atoms with Gasteiger partial charge < -0.3 is 10.3 Å². The average Bonchev–Trinajstić information content (AvgIpc) is 2.86. The van der Waals surface area contributed by atoms with E-state index in [0.29, 0.717) is 5.56 Å². The maximum absolute atomic E-state index is 12.4. The Labute approximate surface area is 132 Å². The normalized spacial score (nSPS) is 10.7. The molecule has 0 radical (unpaired) electrons. The van der Waals surface area contributed by atoms with Crippen molar-refractivity contribution in [3.05, 3.63) is 63.2 Å². The van der Waals surface area contributed by atoms with Crippen LogP contribution in [0.5, 0.6) is 0 Å². The van der Waals surface area contributed by atoms with Gasteiger partial charge in [-0.2, -0.15) is 0 Å². The molecule has 0 bridgehead atoms. The Balaban J connectivity index is 1.93. The van der Waals surface area contributed by atoms with Crippen molar-refractivity contribution in [2.24, 2.45) is 0 Å². The number of carbonyl (C=O) groups is 1. The fourth-order valence-electron chi connectivity index (χ4n) is 2.04. The van der Waals surface area contributed by atoms with Gasteiger partial charge in [0.05, 0.1) is 11.3 Å². The largest absolute Gasteiger partial charge is 0.360 e. The molecule has 3 rings (SSSR count). The summed E-state index contributed by atoms with van der Waals surface area (Å²) >= 11 is 6.82. The summed E-state index contributed by atoms with van der Waals surface area (Å²) in [6.07, 6.45) is 1.73. The molecule has 0 saturated heterocycles. The Morgan fingerprint density at radius 2 is 1.90 bits per heavy atom. The Morgan fingerprint density at radius 3 is 2.70 bits per heavy atom. The first-order valence-corrected chi connectivity index (χ1v) is 7.56. The Morgan fingerprint density at radius 1 is 1.10 bits per heavy atom. The topological polar surface area (TPSA) is 44.9 Å². The number of rotatable bonds is 2. The van der Waals surface area contributed by atoms with Crippen molar-refractivity contribution < 1.29 is 4.79 Å². The standard InChI is InChI=1S/C15H10Br2N2O/c16-9-5-6-14(12(17)7-9)19-15(20)11-8-18-13-4-2-1-3-10(11)13/h1-8,18H,(H,19,20). The van der Waals surface area contributed by atoms with Crippen molar-refractivity contribution in [1.29, 1.82) is 0 Å². The third kappa shape index (κ3) is 2.51. The van der Waals surface area contributed by atoms with Crippen LogP contribution in [0, 0.1) is 0 Å². The van der Waals surface area contributed by atoms with Crippen LogP contribution in [-0.2, 0) is 0 Å². The number of H-pyrrole nitrogens is 1. The van der Waals surface area contributed by atoms with Crippen molar-refractivity contribution >= 4 is 54.4 Å². The van der Waals surface area contributed by atoms with Crippen LogP contribution < -0.4 is 5.32 Å². The van der Waals surface area contributed by atoms with Gasteiger partial charge in [0.2, 0.25) is 0 Å². The molecular formula is C15H10Br2N2O. The molecule has 3 nitrogen and oxygen atoms in total. The highest BCUT2D eigenvalue weighted by Crippen LogP contribution is 2.27. The fraction of sp³-hybridized carbons (Fsp3) is 0. The van der Waals surface area contributed by atoms with Crippen molar-refractivity contribution in [3.8, 4) is 0 Å². The lowest BCUT2D eigenvalue weighted by Gasteiger charge is -2.07. The van der Waals surface area contributed by atoms with Gasteiger partial charge in [-0.05, 0) is 40.2 Å². The molecule has 2 N–H and O–H groups in total. The second-order valence-electron chi connectivity index (χ2n) is 4.33. The zero-order valence-electron chi connectivity index (χ0n) is 10.3. The van der Waals surface area contributed by atoms with E-state index in [-0.39, 0.29) is 5.91 Å². The van der Waals surface area contributed by atoms with Gasteiger partial charge in [-0.1, -0.05) is 34.1 Å². The van der Waals surface area contributed by atoms with E-state index >= 15 is 0 Å². The van der Waals surface area contributed by atoms with Crippen molar-refractivity contribution in [3.63, 3.8) is 0 Å². The average molecular weight is 394 g/mol. The minimum Gasteiger partial charge on any atom is -0.360 e. The van der Waals surface area contributed by atoms with Gasteiger partial charge in [-0.3, -0.25) is 4.79 Å². The quantitative estimate of drug-likeness (QED) is 0.635. The summed E-state index contributed by atoms with van der Waals surface area (Å²) in [6, 6.07) is 13.4. The molecule has 0 saturated carbocycles. The highest BCUT2D eigenvalue weighted by Gasteiger charge is 2.13. The number of para-hydroxylation sites is 1. The molecule has 2 aromatic carbocycles. The molecule has 0 spiro atoms. The molecule has 5 heteroatoms. The summed E-state index contributed by atoms with van der Waals surface area (Å²) in [4.78, 5) is 15.5. The van der Waals surface area contributed by atoms with Crippen LogP contribution in [0.1, 0.15) is 10.4 Å². The number of aromatic amines is 1. The maximum Gasteiger partial charge on any atom is 0.257 e. The van der Waals surface area contributed by atoms with Crippen LogP contribution in [0.25, 0.3) is 10.9 Å². The molecule has 1 heterocycles. The molecule has 0 aliphatic rings. The zero-order valence-corrected chi connectivity index (χ0v) is 13.5. The van der Waals surface area contributed by atoms with E-state index in [0.717, 1.165) is 25.5 Å². The molecule has 1 amide bonds. The Bertz CT molecular complexity index is 795. The van der Waals surface area contributed by atoms with Crippen LogP contribution in [0.15, 0.2) is 57.6 Å². The Kier molecular flexibility index (Phi) is 3.63. The molecule has 20 heavy (non-hydrogen) atoms. The summed E-state index contributed by atoms with van der Waals surface area (Å²) in [6.45, 7) is 0. The maximum atomic E-state index is 12.4. The number of benzene rings is 2. The van der Waals surface area contributed by atoms with Crippen molar-refractivity contribution in [1.82, 2.24) is 4.98 Å². The first-order chi connectivity index (χ1) is 9.65. The van der Waals surface area contributed by atoms with Gasteiger partial charge in [0.25, 0.3) is 5.91 Å². The van der Waals surface area contributed by atoms with E-state index in [4.69, 9.17) is 0 Å². The van der Waals surface area contributed by atoms with Gasteiger partial charge >= 0.3 is 0 Å². The SMILES string of the molecule is O=C(Nc1ccc(Br)cc1Br)c1c[nH]c2ccccc12. The number of amides is 1. The lowest BCUT2D eigenvalue weighted by Crippen LogP contribution is -2.11. The number of carbonyl (C=O) groups excluding carboxylic acids is 1. The summed E-state index contributed by atoms with van der Waals surface area (Å²) in [7, 11) is 0. The zero-order chi connectivity index (χ0) is 14.1. The molecule has 0 fully saturated rings. The van der Waals surface area contributed by atoms with E-state index < -0.39 is 0 Å². The van der Waals surface area contributed by atoms with Gasteiger partial charge in [0.15, 0.2) is 0 Å². The number of hydrogen-bond donors (Lipinski definition) is 2. The number of halogens is 2. The minimum absolute atomic E-state index is 0.134. The predicted molar refractivity (Wildman–Crippen MR) is 88.1 cm³/mol. The van der Waals surface area contributed by atoms with E-state index in [1.54, 1.807) is 6.20 Å². The molecule has 0 aliphatic carbocycles. The summed E-state index contributed by atoms with van der Waals surface area (Å²) < 4.78 is 1.79. The lowest BCUT2D eigenvalue weighted by atomic mass is 10.1. The van der Waals surface area contributed by atoms with E-state index in [2.05, 4.69) is 42.2 Å². The molecule has 3 aromatic rings. The minimum atomic E-state index is -0.134. The van der Waals surface area contributed by atoms with Crippen LogP contribution in [-0.4, -0.2) is 10.9 Å². The number of anilines is 1. The Hall–Kier alpha value is -1.59. The predicted octanol–water partition coefficient (Wildman–Crippen LogP) is 4.95. The molecule has 0 unspecified atom stereocenters. The summed E-state index contributed by atoms with van der Waals surface area (Å²) in [5, 5.41) is 3.82. The van der Waals surface area contributed by atoms with Crippen molar-refractivity contribution in [2.75, 3.05) is 5.32 Å². The molecule has 100 valence electrons. The molecule has 0 atom stereocenters. The summed E-state index contributed by atoms with van der Waals surface area (Å²) in [5.74, 6) is -0.134. The third-order valence-corrected chi connectivity index (χ3v) is 4.16. The van der Waals surface area contributed by atoms with E-state index in [1.807, 2.05) is 42.5 Å². The van der Waals surface area contributed by atoms with Gasteiger partial charge in [-0.15, -0.1) is 0 Å². The number of hydrogen-bond acceptors (Lipinski definition) is 1. The molecular weight excluding hydrogens is 384 g/mol. The second-order valence-corrected chi connectivity index (χ2v) is 6.10. The van der Waals surface area contributed by atoms with E-state index in [9.17, 15) is 4.79 Å². The molecule has 1 aromatic heterocycles. The smallest absolute Gasteiger partial charge is 0.257 e. The van der Waals surface area contributed by atoms with Crippen LogP contribution >= 0.6 is 31.9 Å². The second kappa shape index (κ2) is 5.42. The number of nitrogens with one attached hydrogen (secondary N) is 2. The van der Waals surface area contributed by atoms with Crippen LogP contribution in [0.2, 0.25) is 0 Å². The van der Waals surface area contributed by atoms with Gasteiger partial charge in [0.1, 0.15) is 0 Å².